The molecule has 1 aromatic carbocycles. The van der Waals surface area contributed by atoms with Crippen LogP contribution in [-0.4, -0.2) is 90.8 Å². The minimum Gasteiger partial charge on any atom is -0.383 e. The molecule has 2 aliphatic heterocycles. The summed E-state index contributed by atoms with van der Waals surface area (Å²) in [5.41, 5.74) is 3.94. The van der Waals surface area contributed by atoms with Crippen molar-refractivity contribution in [3.05, 3.63) is 48.3 Å². The molecular formula is C27H40N8O3. The normalized spacial score (nSPS) is 16.4. The monoisotopic (exact) mass is 524 g/mol. The molecule has 4 heterocycles. The van der Waals surface area contributed by atoms with Crippen LogP contribution in [0.15, 0.2) is 42.7 Å². The third kappa shape index (κ3) is 7.27. The summed E-state index contributed by atoms with van der Waals surface area (Å²) < 4.78 is 6.81. The number of anilines is 2. The fraction of sp³-hybridized carbons (Fsp3) is 0.481. The fourth-order valence-electron chi connectivity index (χ4n) is 4.04. The predicted molar refractivity (Wildman–Crippen MR) is 149 cm³/mol. The molecule has 2 saturated heterocycles. The maximum atomic E-state index is 10.1. The van der Waals surface area contributed by atoms with Crippen LogP contribution in [0.4, 0.5) is 11.8 Å². The molecule has 11 nitrogen and oxygen atoms in total. The molecule has 38 heavy (non-hydrogen) atoms. The second kappa shape index (κ2) is 15.0. The molecule has 5 rings (SSSR count). The zero-order valence-corrected chi connectivity index (χ0v) is 23.1. The maximum Gasteiger partial charge on any atom is 0.225 e. The Hall–Kier alpha value is -3.54. The molecule has 11 heteroatoms. The number of hydroxylamine groups is 2. The Morgan fingerprint density at radius 1 is 1.16 bits per heavy atom. The number of nitrogens with one attached hydrogen (secondary N) is 2. The minimum atomic E-state index is 0.124. The van der Waals surface area contributed by atoms with Gasteiger partial charge in [-0.2, -0.15) is 10.2 Å². The van der Waals surface area contributed by atoms with Crippen molar-refractivity contribution in [3.63, 3.8) is 0 Å². The Morgan fingerprint density at radius 3 is 2.45 bits per heavy atom. The molecule has 2 aliphatic rings. The Bertz CT molecular complexity index is 1100. The predicted octanol–water partition coefficient (Wildman–Crippen LogP) is 2.91. The highest BCUT2D eigenvalue weighted by Crippen LogP contribution is 2.30. The van der Waals surface area contributed by atoms with Crippen LogP contribution < -0.4 is 15.5 Å². The number of para-hydroxylation sites is 1. The number of amides is 1. The Labute approximate surface area is 225 Å². The molecule has 1 atom stereocenters. The molecule has 206 valence electrons. The lowest BCUT2D eigenvalue weighted by Crippen LogP contribution is -2.38. The largest absolute Gasteiger partial charge is 0.383 e. The number of carbonyl (C=O) groups is 1. The first-order valence-corrected chi connectivity index (χ1v) is 13.1. The standard InChI is InChI=1S/C18H20N6.C7H14N2O3.C2H6/c1-13-16(14-11-20-18(21-12-14)23-9-6-10-23)22-24(17(13)19-2)15-7-4-3-5-8-15;1-11-3-2-9-4-7(5-12-9)8-6-10;1-2/h3-5,7-8,11-12,19H,6,9-10H2,1-2H3;6-7H,2-5H2,1H3,(H,8,10);1-2H3/t;7-;/m.1./s1. The van der Waals surface area contributed by atoms with Crippen LogP contribution in [0.5, 0.6) is 0 Å². The smallest absolute Gasteiger partial charge is 0.225 e. The summed E-state index contributed by atoms with van der Waals surface area (Å²) in [7, 11) is 3.56. The van der Waals surface area contributed by atoms with Crippen molar-refractivity contribution in [2.24, 2.45) is 0 Å². The van der Waals surface area contributed by atoms with Crippen LogP contribution in [0.2, 0.25) is 0 Å². The Balaban J connectivity index is 0.000000242. The second-order valence-electron chi connectivity index (χ2n) is 8.59. The van der Waals surface area contributed by atoms with Gasteiger partial charge in [-0.1, -0.05) is 32.0 Å². The van der Waals surface area contributed by atoms with E-state index in [0.29, 0.717) is 19.6 Å². The van der Waals surface area contributed by atoms with Crippen LogP contribution in [0, 0.1) is 6.92 Å². The number of rotatable bonds is 9. The van der Waals surface area contributed by atoms with Crippen molar-refractivity contribution in [1.82, 2.24) is 30.1 Å². The molecule has 0 spiro atoms. The Kier molecular flexibility index (Phi) is 11.5. The third-order valence-electron chi connectivity index (χ3n) is 6.14. The Morgan fingerprint density at radius 2 is 1.87 bits per heavy atom. The first-order valence-electron chi connectivity index (χ1n) is 13.1. The number of hydrogen-bond acceptors (Lipinski definition) is 9. The van der Waals surface area contributed by atoms with Gasteiger partial charge in [-0.3, -0.25) is 9.63 Å². The van der Waals surface area contributed by atoms with E-state index < -0.39 is 0 Å². The summed E-state index contributed by atoms with van der Waals surface area (Å²) in [4.78, 5) is 26.5. The average Bonchev–Trinajstić information content (AvgIpc) is 3.52. The molecule has 0 unspecified atom stereocenters. The van der Waals surface area contributed by atoms with Gasteiger partial charge in [0.25, 0.3) is 0 Å². The van der Waals surface area contributed by atoms with Crippen LogP contribution in [0.25, 0.3) is 16.9 Å². The van der Waals surface area contributed by atoms with E-state index in [1.807, 2.05) is 68.3 Å². The van der Waals surface area contributed by atoms with Crippen LogP contribution in [-0.2, 0) is 14.4 Å². The number of ether oxygens (including phenoxy) is 1. The first-order chi connectivity index (χ1) is 18.6. The summed E-state index contributed by atoms with van der Waals surface area (Å²) in [6, 6.07) is 10.2. The van der Waals surface area contributed by atoms with E-state index >= 15 is 0 Å². The van der Waals surface area contributed by atoms with E-state index in [0.717, 1.165) is 60.5 Å². The van der Waals surface area contributed by atoms with E-state index in [4.69, 9.17) is 14.7 Å². The van der Waals surface area contributed by atoms with Crippen molar-refractivity contribution < 1.29 is 14.4 Å². The van der Waals surface area contributed by atoms with Gasteiger partial charge in [-0.05, 0) is 25.5 Å². The van der Waals surface area contributed by atoms with Crippen molar-refractivity contribution >= 4 is 18.2 Å². The number of nitrogens with zero attached hydrogens (tertiary/aromatic N) is 6. The molecule has 3 aromatic rings. The number of hydrogen-bond donors (Lipinski definition) is 2. The molecule has 2 fully saturated rings. The average molecular weight is 525 g/mol. The van der Waals surface area contributed by atoms with Crippen molar-refractivity contribution in [3.8, 4) is 16.9 Å². The van der Waals surface area contributed by atoms with Gasteiger partial charge in [0, 0.05) is 63.9 Å². The number of aromatic nitrogens is 4. The highest BCUT2D eigenvalue weighted by atomic mass is 16.7. The molecule has 0 saturated carbocycles. The summed E-state index contributed by atoms with van der Waals surface area (Å²) in [5, 5.41) is 12.5. The van der Waals surface area contributed by atoms with E-state index in [1.54, 1.807) is 12.2 Å². The van der Waals surface area contributed by atoms with E-state index in [1.165, 1.54) is 6.42 Å². The molecule has 0 bridgehead atoms. The molecular weight excluding hydrogens is 484 g/mol. The second-order valence-corrected chi connectivity index (χ2v) is 8.59. The van der Waals surface area contributed by atoms with Crippen molar-refractivity contribution in [2.75, 3.05) is 63.8 Å². The van der Waals surface area contributed by atoms with Crippen molar-refractivity contribution in [2.45, 2.75) is 33.2 Å². The molecule has 1 amide bonds. The maximum absolute atomic E-state index is 10.1. The van der Waals surface area contributed by atoms with E-state index in [9.17, 15) is 4.79 Å². The lowest BCUT2D eigenvalue weighted by Gasteiger charge is -2.30. The zero-order valence-electron chi connectivity index (χ0n) is 23.1. The fourth-order valence-corrected chi connectivity index (χ4v) is 4.04. The van der Waals surface area contributed by atoms with Gasteiger partial charge in [0.2, 0.25) is 12.4 Å². The van der Waals surface area contributed by atoms with Gasteiger partial charge in [-0.15, -0.1) is 0 Å². The van der Waals surface area contributed by atoms with Gasteiger partial charge in [0.05, 0.1) is 24.9 Å². The lowest BCUT2D eigenvalue weighted by molar-refractivity contribution is -0.118. The number of benzene rings is 1. The molecule has 2 aromatic heterocycles. The lowest BCUT2D eigenvalue weighted by atomic mass is 10.1. The number of carbonyl (C=O) groups excluding carboxylic acids is 1. The van der Waals surface area contributed by atoms with Crippen LogP contribution in [0.3, 0.4) is 0 Å². The van der Waals surface area contributed by atoms with Gasteiger partial charge < -0.3 is 20.3 Å². The quantitative estimate of drug-likeness (QED) is 0.408. The summed E-state index contributed by atoms with van der Waals surface area (Å²) in [6.07, 6.45) is 5.65. The van der Waals surface area contributed by atoms with E-state index in [-0.39, 0.29) is 6.04 Å². The first kappa shape index (κ1) is 29.0. The third-order valence-corrected chi connectivity index (χ3v) is 6.14. The van der Waals surface area contributed by atoms with Crippen LogP contribution >= 0.6 is 0 Å². The highest BCUT2D eigenvalue weighted by molar-refractivity contribution is 5.69. The topological polar surface area (TPSA) is 110 Å². The number of methoxy groups -OCH3 is 1. The zero-order chi connectivity index (χ0) is 27.3. The minimum absolute atomic E-state index is 0.124. The van der Waals surface area contributed by atoms with Gasteiger partial charge >= 0.3 is 0 Å². The molecule has 2 N–H and O–H groups in total. The SMILES string of the molecule is CC.CNc1c(C)c(-c2cnc(N3CCC3)nc2)nn1-c1ccccc1.COCCN1C[C@@H](NC=O)CO1. The van der Waals surface area contributed by atoms with Crippen molar-refractivity contribution in [1.29, 1.82) is 0 Å². The van der Waals surface area contributed by atoms with Gasteiger partial charge in [0.15, 0.2) is 0 Å². The highest BCUT2D eigenvalue weighted by Gasteiger charge is 2.22. The summed E-state index contributed by atoms with van der Waals surface area (Å²) >= 11 is 0. The summed E-state index contributed by atoms with van der Waals surface area (Å²) in [6.45, 7) is 10.8. The summed E-state index contributed by atoms with van der Waals surface area (Å²) in [5.74, 6) is 1.78. The van der Waals surface area contributed by atoms with Crippen LogP contribution in [0.1, 0.15) is 25.8 Å². The van der Waals surface area contributed by atoms with E-state index in [2.05, 4.69) is 32.4 Å². The molecule has 0 aliphatic carbocycles. The molecule has 0 radical (unpaired) electrons. The van der Waals surface area contributed by atoms with Gasteiger partial charge in [0.1, 0.15) is 11.5 Å². The van der Waals surface area contributed by atoms with Gasteiger partial charge in [-0.25, -0.2) is 14.6 Å².